The van der Waals surface area contributed by atoms with Gasteiger partial charge in [-0.15, -0.1) is 0 Å². The number of nitrogens with one attached hydrogen (secondary N) is 1. The molecule has 1 N–H and O–H groups in total. The van der Waals surface area contributed by atoms with Gasteiger partial charge in [0.15, 0.2) is 5.65 Å². The molecule has 1 aromatic carbocycles. The van der Waals surface area contributed by atoms with Crippen LogP contribution in [0.25, 0.3) is 22.3 Å². The van der Waals surface area contributed by atoms with E-state index in [9.17, 15) is 13.6 Å². The standard InChI is InChI=1S/C19H14F2N4O2/c20-18(21)27-15-5-1-4-13(7-15)14-8-16-17(23-10-14)24-19(26)25(16)11-12-3-2-6-22-9-12/h1-10,18H,11H2,(H,23,24,26). The Hall–Kier alpha value is -3.55. The van der Waals surface area contributed by atoms with E-state index >= 15 is 0 Å². The monoisotopic (exact) mass is 368 g/mol. The van der Waals surface area contributed by atoms with E-state index in [-0.39, 0.29) is 11.4 Å². The second kappa shape index (κ2) is 6.99. The Labute approximate surface area is 152 Å². The summed E-state index contributed by atoms with van der Waals surface area (Å²) in [6.07, 6.45) is 4.93. The summed E-state index contributed by atoms with van der Waals surface area (Å²) in [7, 11) is 0. The van der Waals surface area contributed by atoms with Gasteiger partial charge in [-0.3, -0.25) is 14.5 Å². The highest BCUT2D eigenvalue weighted by Gasteiger charge is 2.11. The van der Waals surface area contributed by atoms with Crippen molar-refractivity contribution >= 4 is 11.2 Å². The van der Waals surface area contributed by atoms with Crippen LogP contribution in [0.2, 0.25) is 0 Å². The summed E-state index contributed by atoms with van der Waals surface area (Å²) in [6.45, 7) is -2.55. The number of ether oxygens (including phenoxy) is 1. The molecule has 4 aromatic rings. The van der Waals surface area contributed by atoms with E-state index in [1.165, 1.54) is 12.1 Å². The van der Waals surface area contributed by atoms with E-state index in [1.54, 1.807) is 47.4 Å². The van der Waals surface area contributed by atoms with Gasteiger partial charge in [-0.1, -0.05) is 18.2 Å². The fourth-order valence-electron chi connectivity index (χ4n) is 2.87. The molecule has 6 nitrogen and oxygen atoms in total. The number of aromatic amines is 1. The van der Waals surface area contributed by atoms with Crippen LogP contribution >= 0.6 is 0 Å². The summed E-state index contributed by atoms with van der Waals surface area (Å²) in [5.41, 5.74) is 2.99. The largest absolute Gasteiger partial charge is 0.435 e. The quantitative estimate of drug-likeness (QED) is 0.586. The molecule has 3 heterocycles. The van der Waals surface area contributed by atoms with Crippen LogP contribution in [-0.2, 0) is 6.54 Å². The van der Waals surface area contributed by atoms with Crippen LogP contribution in [0.15, 0.2) is 65.8 Å². The molecule has 0 aliphatic rings. The molecule has 0 aliphatic carbocycles. The molecular formula is C19H14F2N4O2. The maximum atomic E-state index is 12.4. The Balaban J connectivity index is 1.76. The fraction of sp³-hybridized carbons (Fsp3) is 0.105. The van der Waals surface area contributed by atoms with Gasteiger partial charge in [-0.2, -0.15) is 8.78 Å². The summed E-state index contributed by atoms with van der Waals surface area (Å²) in [4.78, 5) is 23.4. The third-order valence-electron chi connectivity index (χ3n) is 4.08. The van der Waals surface area contributed by atoms with Crippen molar-refractivity contribution in [1.82, 2.24) is 19.5 Å². The van der Waals surface area contributed by atoms with Crippen molar-refractivity contribution in [3.05, 3.63) is 77.1 Å². The van der Waals surface area contributed by atoms with Crippen molar-refractivity contribution in [2.75, 3.05) is 0 Å². The highest BCUT2D eigenvalue weighted by Crippen LogP contribution is 2.26. The van der Waals surface area contributed by atoms with Crippen LogP contribution < -0.4 is 10.4 Å². The first-order valence-electron chi connectivity index (χ1n) is 8.13. The Morgan fingerprint density at radius 3 is 2.78 bits per heavy atom. The SMILES string of the molecule is O=c1[nH]c2ncc(-c3cccc(OC(F)F)c3)cc2n1Cc1cccnc1. The number of nitrogens with zero attached hydrogens (tertiary/aromatic N) is 3. The highest BCUT2D eigenvalue weighted by molar-refractivity contribution is 5.78. The van der Waals surface area contributed by atoms with E-state index < -0.39 is 6.61 Å². The molecule has 0 unspecified atom stereocenters. The first-order valence-corrected chi connectivity index (χ1v) is 8.13. The van der Waals surface area contributed by atoms with E-state index in [0.29, 0.717) is 28.8 Å². The topological polar surface area (TPSA) is 72.8 Å². The van der Waals surface area contributed by atoms with Crippen LogP contribution in [-0.4, -0.2) is 26.1 Å². The van der Waals surface area contributed by atoms with Crippen molar-refractivity contribution in [2.45, 2.75) is 13.2 Å². The van der Waals surface area contributed by atoms with Crippen LogP contribution in [0.3, 0.4) is 0 Å². The first-order chi connectivity index (χ1) is 13.1. The average Bonchev–Trinajstić information content (AvgIpc) is 2.97. The minimum atomic E-state index is -2.89. The smallest absolute Gasteiger partial charge is 0.387 e. The summed E-state index contributed by atoms with van der Waals surface area (Å²) in [6, 6.07) is 11.8. The predicted octanol–water partition coefficient (Wildman–Crippen LogP) is 3.44. The molecule has 0 spiro atoms. The zero-order valence-corrected chi connectivity index (χ0v) is 14.0. The van der Waals surface area contributed by atoms with Gasteiger partial charge in [0.25, 0.3) is 0 Å². The molecule has 0 saturated carbocycles. The number of rotatable bonds is 5. The number of H-pyrrole nitrogens is 1. The molecule has 0 saturated heterocycles. The molecule has 4 rings (SSSR count). The molecule has 0 amide bonds. The van der Waals surface area contributed by atoms with Crippen molar-refractivity contribution in [3.8, 4) is 16.9 Å². The number of hydrogen-bond acceptors (Lipinski definition) is 4. The number of halogens is 2. The molecule has 136 valence electrons. The van der Waals surface area contributed by atoms with Gasteiger partial charge in [0.05, 0.1) is 12.1 Å². The molecule has 0 aliphatic heterocycles. The maximum absolute atomic E-state index is 12.4. The van der Waals surface area contributed by atoms with Gasteiger partial charge >= 0.3 is 12.3 Å². The lowest BCUT2D eigenvalue weighted by atomic mass is 10.1. The van der Waals surface area contributed by atoms with Crippen molar-refractivity contribution in [2.24, 2.45) is 0 Å². The van der Waals surface area contributed by atoms with Crippen molar-refractivity contribution < 1.29 is 13.5 Å². The van der Waals surface area contributed by atoms with Gasteiger partial charge < -0.3 is 4.74 Å². The lowest BCUT2D eigenvalue weighted by molar-refractivity contribution is -0.0498. The van der Waals surface area contributed by atoms with E-state index in [2.05, 4.69) is 19.7 Å². The Bertz CT molecular complexity index is 1140. The number of alkyl halides is 2. The normalized spacial score (nSPS) is 11.2. The minimum absolute atomic E-state index is 0.0596. The summed E-state index contributed by atoms with van der Waals surface area (Å²) < 4.78 is 30.9. The fourth-order valence-corrected chi connectivity index (χ4v) is 2.87. The van der Waals surface area contributed by atoms with E-state index in [0.717, 1.165) is 5.56 Å². The molecule has 0 radical (unpaired) electrons. The Kier molecular flexibility index (Phi) is 4.37. The Morgan fingerprint density at radius 2 is 2.00 bits per heavy atom. The molecule has 8 heteroatoms. The molecule has 0 fully saturated rings. The molecule has 0 bridgehead atoms. The summed E-state index contributed by atoms with van der Waals surface area (Å²) in [5.74, 6) is 0.0596. The average molecular weight is 368 g/mol. The second-order valence-corrected chi connectivity index (χ2v) is 5.88. The first kappa shape index (κ1) is 16.9. The van der Waals surface area contributed by atoms with Gasteiger partial charge in [0.2, 0.25) is 0 Å². The van der Waals surface area contributed by atoms with Crippen LogP contribution in [0, 0.1) is 0 Å². The van der Waals surface area contributed by atoms with Gasteiger partial charge in [-0.25, -0.2) is 9.78 Å². The number of benzene rings is 1. The van der Waals surface area contributed by atoms with Crippen LogP contribution in [0.5, 0.6) is 5.75 Å². The van der Waals surface area contributed by atoms with Crippen molar-refractivity contribution in [3.63, 3.8) is 0 Å². The Morgan fingerprint density at radius 1 is 1.11 bits per heavy atom. The second-order valence-electron chi connectivity index (χ2n) is 5.88. The number of aromatic nitrogens is 4. The maximum Gasteiger partial charge on any atom is 0.387 e. The number of fused-ring (bicyclic) bond motifs is 1. The van der Waals surface area contributed by atoms with Crippen LogP contribution in [0.4, 0.5) is 8.78 Å². The lowest BCUT2D eigenvalue weighted by Gasteiger charge is -2.08. The molecule has 0 atom stereocenters. The third-order valence-corrected chi connectivity index (χ3v) is 4.08. The number of imidazole rings is 1. The van der Waals surface area contributed by atoms with E-state index in [1.807, 2.05) is 6.07 Å². The number of hydrogen-bond donors (Lipinski definition) is 1. The third kappa shape index (κ3) is 3.55. The van der Waals surface area contributed by atoms with Crippen molar-refractivity contribution in [1.29, 1.82) is 0 Å². The number of pyridine rings is 2. The summed E-state index contributed by atoms with van der Waals surface area (Å²) >= 11 is 0. The zero-order valence-electron chi connectivity index (χ0n) is 14.0. The molecular weight excluding hydrogens is 354 g/mol. The van der Waals surface area contributed by atoms with Gasteiger partial charge in [0.1, 0.15) is 5.75 Å². The molecule has 3 aromatic heterocycles. The lowest BCUT2D eigenvalue weighted by Crippen LogP contribution is -2.17. The zero-order chi connectivity index (χ0) is 18.8. The van der Waals surface area contributed by atoms with Crippen LogP contribution in [0.1, 0.15) is 5.56 Å². The highest BCUT2D eigenvalue weighted by atomic mass is 19.3. The minimum Gasteiger partial charge on any atom is -0.435 e. The predicted molar refractivity (Wildman–Crippen MR) is 95.8 cm³/mol. The van der Waals surface area contributed by atoms with Gasteiger partial charge in [-0.05, 0) is 35.4 Å². The van der Waals surface area contributed by atoms with E-state index in [4.69, 9.17) is 0 Å². The van der Waals surface area contributed by atoms with Gasteiger partial charge in [0, 0.05) is 24.2 Å². The molecule has 27 heavy (non-hydrogen) atoms. The summed E-state index contributed by atoms with van der Waals surface area (Å²) in [5, 5.41) is 0.